The Labute approximate surface area is 114 Å². The van der Waals surface area contributed by atoms with E-state index in [1.165, 1.54) is 6.07 Å². The van der Waals surface area contributed by atoms with E-state index < -0.39 is 6.10 Å². The molecule has 1 fully saturated rings. The van der Waals surface area contributed by atoms with Crippen LogP contribution in [0.2, 0.25) is 0 Å². The van der Waals surface area contributed by atoms with E-state index in [9.17, 15) is 9.50 Å². The molecule has 0 aromatic heterocycles. The Balaban J connectivity index is 2.13. The molecule has 2 unspecified atom stereocenters. The zero-order valence-corrected chi connectivity index (χ0v) is 11.6. The van der Waals surface area contributed by atoms with Crippen LogP contribution in [0.3, 0.4) is 0 Å². The van der Waals surface area contributed by atoms with Gasteiger partial charge in [-0.25, -0.2) is 4.39 Å². The van der Waals surface area contributed by atoms with Gasteiger partial charge in [-0.1, -0.05) is 6.07 Å². The zero-order chi connectivity index (χ0) is 13.8. The van der Waals surface area contributed by atoms with Crippen molar-refractivity contribution in [3.05, 3.63) is 29.6 Å². The second-order valence-electron chi connectivity index (χ2n) is 5.31. The van der Waals surface area contributed by atoms with Crippen LogP contribution in [-0.4, -0.2) is 31.9 Å². The lowest BCUT2D eigenvalue weighted by Gasteiger charge is -2.30. The Morgan fingerprint density at radius 3 is 2.95 bits per heavy atom. The molecule has 19 heavy (non-hydrogen) atoms. The first-order chi connectivity index (χ1) is 9.09. The van der Waals surface area contributed by atoms with Crippen LogP contribution in [-0.2, 0) is 4.74 Å². The van der Waals surface area contributed by atoms with Gasteiger partial charge in [0.15, 0.2) is 0 Å². The van der Waals surface area contributed by atoms with Crippen LogP contribution in [0.4, 0.5) is 10.1 Å². The smallest absolute Gasteiger partial charge is 0.131 e. The van der Waals surface area contributed by atoms with Crippen molar-refractivity contribution in [3.63, 3.8) is 0 Å². The third-order valence-electron chi connectivity index (χ3n) is 3.65. The highest BCUT2D eigenvalue weighted by molar-refractivity contribution is 5.54. The van der Waals surface area contributed by atoms with Crippen LogP contribution < -0.4 is 4.90 Å². The lowest BCUT2D eigenvalue weighted by atomic mass is 10.0. The zero-order valence-electron chi connectivity index (χ0n) is 11.6. The van der Waals surface area contributed by atoms with Gasteiger partial charge in [0.1, 0.15) is 5.82 Å². The number of hydrogen-bond acceptors (Lipinski definition) is 3. The Morgan fingerprint density at radius 2 is 2.32 bits per heavy atom. The molecular weight excluding hydrogens is 245 g/mol. The van der Waals surface area contributed by atoms with Gasteiger partial charge in [-0.15, -0.1) is 0 Å². The highest BCUT2D eigenvalue weighted by atomic mass is 19.1. The Kier molecular flexibility index (Phi) is 4.77. The Morgan fingerprint density at radius 1 is 1.53 bits per heavy atom. The maximum atomic E-state index is 13.8. The molecule has 0 spiro atoms. The summed E-state index contributed by atoms with van der Waals surface area (Å²) in [5.74, 6) is 0.128. The number of aliphatic hydroxyl groups excluding tert-OH is 1. The monoisotopic (exact) mass is 267 g/mol. The molecule has 4 heteroatoms. The minimum atomic E-state index is -0.804. The van der Waals surface area contributed by atoms with Crippen LogP contribution in [0.5, 0.6) is 0 Å². The third-order valence-corrected chi connectivity index (χ3v) is 3.65. The highest BCUT2D eigenvalue weighted by Gasteiger charge is 2.20. The number of halogens is 1. The summed E-state index contributed by atoms with van der Waals surface area (Å²) < 4.78 is 19.3. The molecule has 0 bridgehead atoms. The molecule has 1 saturated heterocycles. The highest BCUT2D eigenvalue weighted by Crippen LogP contribution is 2.29. The van der Waals surface area contributed by atoms with Crippen LogP contribution in [0, 0.1) is 11.7 Å². The fourth-order valence-corrected chi connectivity index (χ4v) is 2.71. The molecule has 1 N–H and O–H groups in total. The van der Waals surface area contributed by atoms with Crippen molar-refractivity contribution in [2.75, 3.05) is 31.7 Å². The third kappa shape index (κ3) is 3.45. The van der Waals surface area contributed by atoms with Crippen LogP contribution in [0.25, 0.3) is 0 Å². The molecule has 0 saturated carbocycles. The quantitative estimate of drug-likeness (QED) is 0.910. The number of hydrogen-bond donors (Lipinski definition) is 1. The number of rotatable bonds is 4. The number of ether oxygens (including phenoxy) is 1. The molecule has 106 valence electrons. The van der Waals surface area contributed by atoms with E-state index >= 15 is 0 Å². The van der Waals surface area contributed by atoms with E-state index in [1.807, 2.05) is 18.0 Å². The van der Waals surface area contributed by atoms with Crippen molar-refractivity contribution in [3.8, 4) is 0 Å². The molecular formula is C15H22FNO2. The van der Waals surface area contributed by atoms with E-state index in [0.29, 0.717) is 11.5 Å². The summed E-state index contributed by atoms with van der Waals surface area (Å²) in [5, 5.41) is 9.75. The summed E-state index contributed by atoms with van der Waals surface area (Å²) in [4.78, 5) is 2.02. The van der Waals surface area contributed by atoms with Crippen molar-refractivity contribution in [2.24, 2.45) is 5.92 Å². The van der Waals surface area contributed by atoms with E-state index in [0.717, 1.165) is 38.3 Å². The van der Waals surface area contributed by atoms with Crippen molar-refractivity contribution in [2.45, 2.75) is 25.9 Å². The van der Waals surface area contributed by atoms with Crippen LogP contribution >= 0.6 is 0 Å². The van der Waals surface area contributed by atoms with Crippen molar-refractivity contribution < 1.29 is 14.2 Å². The first-order valence-electron chi connectivity index (χ1n) is 6.85. The topological polar surface area (TPSA) is 32.7 Å². The Hall–Kier alpha value is -1.13. The minimum Gasteiger partial charge on any atom is -0.389 e. The largest absolute Gasteiger partial charge is 0.389 e. The first-order valence-corrected chi connectivity index (χ1v) is 6.85. The molecule has 1 aromatic carbocycles. The molecule has 1 heterocycles. The second-order valence-corrected chi connectivity index (χ2v) is 5.31. The van der Waals surface area contributed by atoms with E-state index in [-0.39, 0.29) is 5.82 Å². The normalized spacial score (nSPS) is 21.2. The van der Waals surface area contributed by atoms with Gasteiger partial charge >= 0.3 is 0 Å². The minimum absolute atomic E-state index is 0.348. The van der Waals surface area contributed by atoms with Gasteiger partial charge in [-0.05, 0) is 37.8 Å². The maximum Gasteiger partial charge on any atom is 0.131 e. The maximum absolute atomic E-state index is 13.8. The number of nitrogens with zero attached hydrogens (tertiary/aromatic N) is 1. The predicted molar refractivity (Wildman–Crippen MR) is 73.8 cm³/mol. The molecule has 1 aliphatic rings. The van der Waals surface area contributed by atoms with E-state index in [4.69, 9.17) is 4.74 Å². The average molecular weight is 267 g/mol. The second kappa shape index (κ2) is 6.35. The summed E-state index contributed by atoms with van der Waals surface area (Å²) in [5.41, 5.74) is 1.14. The Bertz CT molecular complexity index is 417. The molecule has 0 aliphatic carbocycles. The van der Waals surface area contributed by atoms with Crippen LogP contribution in [0.15, 0.2) is 18.2 Å². The van der Waals surface area contributed by atoms with Gasteiger partial charge in [0.05, 0.1) is 12.7 Å². The van der Waals surface area contributed by atoms with Crippen LogP contribution in [0.1, 0.15) is 31.4 Å². The summed E-state index contributed by atoms with van der Waals surface area (Å²) in [6.45, 7) is 4.03. The number of aliphatic hydroxyl groups is 1. The first kappa shape index (κ1) is 14.3. The number of benzene rings is 1. The van der Waals surface area contributed by atoms with Gasteiger partial charge in [-0.3, -0.25) is 0 Å². The molecule has 0 amide bonds. The summed E-state index contributed by atoms with van der Waals surface area (Å²) >= 11 is 0. The van der Waals surface area contributed by atoms with Crippen molar-refractivity contribution in [1.29, 1.82) is 0 Å². The van der Waals surface area contributed by atoms with E-state index in [1.54, 1.807) is 13.0 Å². The number of anilines is 1. The molecule has 3 nitrogen and oxygen atoms in total. The van der Waals surface area contributed by atoms with Gasteiger partial charge in [0, 0.05) is 31.5 Å². The molecule has 2 atom stereocenters. The van der Waals surface area contributed by atoms with Gasteiger partial charge in [-0.2, -0.15) is 0 Å². The SMILES string of the molecule is CC(O)c1c(F)cccc1N(C)CC1CCCOC1. The fraction of sp³-hybridized carbons (Fsp3) is 0.600. The molecule has 1 aromatic rings. The molecule has 0 radical (unpaired) electrons. The predicted octanol–water partition coefficient (Wildman–Crippen LogP) is 2.74. The van der Waals surface area contributed by atoms with Crippen molar-refractivity contribution in [1.82, 2.24) is 0 Å². The van der Waals surface area contributed by atoms with Gasteiger partial charge < -0.3 is 14.7 Å². The summed E-state index contributed by atoms with van der Waals surface area (Å²) in [6.07, 6.45) is 1.43. The lowest BCUT2D eigenvalue weighted by Crippen LogP contribution is -2.31. The summed E-state index contributed by atoms with van der Waals surface area (Å²) in [7, 11) is 1.94. The molecule has 2 rings (SSSR count). The fourth-order valence-electron chi connectivity index (χ4n) is 2.71. The average Bonchev–Trinajstić information content (AvgIpc) is 2.39. The van der Waals surface area contributed by atoms with E-state index in [2.05, 4.69) is 0 Å². The van der Waals surface area contributed by atoms with Crippen molar-refractivity contribution >= 4 is 5.69 Å². The standard InChI is InChI=1S/C15H22FNO2/c1-11(18)15-13(16)6-3-7-14(15)17(2)9-12-5-4-8-19-10-12/h3,6-7,11-12,18H,4-5,8-10H2,1-2H3. The summed E-state index contributed by atoms with van der Waals surface area (Å²) in [6, 6.07) is 4.93. The van der Waals surface area contributed by atoms with Gasteiger partial charge in [0.2, 0.25) is 0 Å². The van der Waals surface area contributed by atoms with Gasteiger partial charge in [0.25, 0.3) is 0 Å². The lowest BCUT2D eigenvalue weighted by molar-refractivity contribution is 0.0576. The molecule has 1 aliphatic heterocycles.